The lowest BCUT2D eigenvalue weighted by Crippen LogP contribution is -2.27. The molecule has 152 valence electrons. The zero-order valence-corrected chi connectivity index (χ0v) is 17.3. The summed E-state index contributed by atoms with van der Waals surface area (Å²) in [6.07, 6.45) is 1.21. The number of nitrogens with zero attached hydrogens (tertiary/aromatic N) is 1. The maximum Gasteiger partial charge on any atom is 0.255 e. The zero-order chi connectivity index (χ0) is 21.2. The third-order valence-electron chi connectivity index (χ3n) is 4.90. The Morgan fingerprint density at radius 3 is 2.34 bits per heavy atom. The van der Waals surface area contributed by atoms with Crippen LogP contribution < -0.4 is 15.5 Å². The fraction of sp³-hybridized carbons (Fsp3) is 0.348. The normalized spacial score (nSPS) is 13.0. The van der Waals surface area contributed by atoms with Crippen LogP contribution in [-0.2, 0) is 16.0 Å². The Kier molecular flexibility index (Phi) is 5.73. The minimum absolute atomic E-state index is 0.0919. The summed E-state index contributed by atoms with van der Waals surface area (Å²) in [6.45, 7) is 8.04. The summed E-state index contributed by atoms with van der Waals surface area (Å²) in [4.78, 5) is 38.7. The quantitative estimate of drug-likeness (QED) is 0.816. The van der Waals surface area contributed by atoms with E-state index in [4.69, 9.17) is 0 Å². The molecule has 0 fully saturated rings. The number of benzene rings is 2. The van der Waals surface area contributed by atoms with E-state index in [0.717, 1.165) is 17.7 Å². The molecule has 3 amide bonds. The average Bonchev–Trinajstić information content (AvgIpc) is 3.10. The van der Waals surface area contributed by atoms with Crippen molar-refractivity contribution in [1.29, 1.82) is 0 Å². The molecule has 29 heavy (non-hydrogen) atoms. The van der Waals surface area contributed by atoms with Crippen LogP contribution in [0.2, 0.25) is 0 Å². The van der Waals surface area contributed by atoms with Gasteiger partial charge in [0.1, 0.15) is 0 Å². The second-order valence-electron chi connectivity index (χ2n) is 8.23. The van der Waals surface area contributed by atoms with Gasteiger partial charge in [0.25, 0.3) is 5.91 Å². The summed E-state index contributed by atoms with van der Waals surface area (Å²) in [6, 6.07) is 12.5. The maximum atomic E-state index is 12.7. The molecule has 2 aromatic rings. The van der Waals surface area contributed by atoms with Gasteiger partial charge in [-0.2, -0.15) is 0 Å². The van der Waals surface area contributed by atoms with E-state index in [1.165, 1.54) is 0 Å². The SMILES string of the molecule is CCC(=O)N1CCc2cc(C(=O)Nc3cccc(NC(=O)C(C)(C)C)c3)ccc21. The Bertz CT molecular complexity index is 960. The van der Waals surface area contributed by atoms with Gasteiger partial charge in [-0.05, 0) is 48.4 Å². The molecule has 0 saturated carbocycles. The molecule has 0 bridgehead atoms. The first kappa shape index (κ1) is 20.6. The van der Waals surface area contributed by atoms with Gasteiger partial charge in [0.05, 0.1) is 0 Å². The fourth-order valence-electron chi connectivity index (χ4n) is 3.19. The molecule has 0 spiro atoms. The fourth-order valence-corrected chi connectivity index (χ4v) is 3.19. The van der Waals surface area contributed by atoms with E-state index < -0.39 is 5.41 Å². The van der Waals surface area contributed by atoms with Gasteiger partial charge in [0.2, 0.25) is 11.8 Å². The minimum atomic E-state index is -0.503. The highest BCUT2D eigenvalue weighted by molar-refractivity contribution is 6.06. The van der Waals surface area contributed by atoms with Crippen molar-refractivity contribution >= 4 is 34.8 Å². The molecule has 0 aromatic heterocycles. The summed E-state index contributed by atoms with van der Waals surface area (Å²) in [5.74, 6) is -0.229. The van der Waals surface area contributed by atoms with Crippen LogP contribution in [0.15, 0.2) is 42.5 Å². The van der Waals surface area contributed by atoms with Crippen molar-refractivity contribution in [2.24, 2.45) is 5.41 Å². The molecule has 0 unspecified atom stereocenters. The van der Waals surface area contributed by atoms with E-state index in [1.54, 1.807) is 35.2 Å². The first-order chi connectivity index (χ1) is 13.7. The highest BCUT2D eigenvalue weighted by atomic mass is 16.2. The molecule has 6 heteroatoms. The lowest BCUT2D eigenvalue weighted by Gasteiger charge is -2.18. The van der Waals surface area contributed by atoms with Crippen molar-refractivity contribution in [3.63, 3.8) is 0 Å². The molecular weight excluding hydrogens is 366 g/mol. The monoisotopic (exact) mass is 393 g/mol. The van der Waals surface area contributed by atoms with Gasteiger partial charge in [0, 0.05) is 41.0 Å². The molecule has 1 aliphatic rings. The molecular formula is C23H27N3O3. The standard InChI is InChI=1S/C23H27N3O3/c1-5-20(27)26-12-11-15-13-16(9-10-19(15)26)21(28)24-17-7-6-8-18(14-17)25-22(29)23(2,3)4/h6-10,13-14H,5,11-12H2,1-4H3,(H,24,28)(H,25,29). The van der Waals surface area contributed by atoms with E-state index in [9.17, 15) is 14.4 Å². The van der Waals surface area contributed by atoms with E-state index in [1.807, 2.05) is 39.8 Å². The number of amides is 3. The number of nitrogens with one attached hydrogen (secondary N) is 2. The molecule has 6 nitrogen and oxygen atoms in total. The van der Waals surface area contributed by atoms with Crippen LogP contribution in [0, 0.1) is 5.41 Å². The number of carbonyl (C=O) groups excluding carboxylic acids is 3. The molecule has 2 N–H and O–H groups in total. The summed E-state index contributed by atoms with van der Waals surface area (Å²) >= 11 is 0. The van der Waals surface area contributed by atoms with E-state index >= 15 is 0 Å². The molecule has 0 atom stereocenters. The third-order valence-corrected chi connectivity index (χ3v) is 4.90. The number of anilines is 3. The van der Waals surface area contributed by atoms with Gasteiger partial charge in [0.15, 0.2) is 0 Å². The van der Waals surface area contributed by atoms with Gasteiger partial charge in [-0.15, -0.1) is 0 Å². The van der Waals surface area contributed by atoms with Crippen molar-refractivity contribution in [1.82, 2.24) is 0 Å². The van der Waals surface area contributed by atoms with E-state index in [-0.39, 0.29) is 17.7 Å². The zero-order valence-electron chi connectivity index (χ0n) is 17.3. The molecule has 0 aliphatic carbocycles. The van der Waals surface area contributed by atoms with Crippen molar-refractivity contribution < 1.29 is 14.4 Å². The first-order valence-corrected chi connectivity index (χ1v) is 9.85. The summed E-state index contributed by atoms with van der Waals surface area (Å²) in [7, 11) is 0. The Labute approximate surface area is 171 Å². The van der Waals surface area contributed by atoms with Crippen LogP contribution in [-0.4, -0.2) is 24.3 Å². The largest absolute Gasteiger partial charge is 0.326 e. The van der Waals surface area contributed by atoms with E-state index in [2.05, 4.69) is 10.6 Å². The number of rotatable bonds is 4. The average molecular weight is 393 g/mol. The maximum absolute atomic E-state index is 12.7. The van der Waals surface area contributed by atoms with Gasteiger partial charge >= 0.3 is 0 Å². The third kappa shape index (κ3) is 4.65. The topological polar surface area (TPSA) is 78.5 Å². The Balaban J connectivity index is 1.72. The van der Waals surface area contributed by atoms with Crippen LogP contribution in [0.5, 0.6) is 0 Å². The van der Waals surface area contributed by atoms with Crippen LogP contribution in [0.4, 0.5) is 17.1 Å². The van der Waals surface area contributed by atoms with Crippen molar-refractivity contribution in [2.75, 3.05) is 22.1 Å². The summed E-state index contributed by atoms with van der Waals surface area (Å²) in [5.41, 5.74) is 3.16. The van der Waals surface area contributed by atoms with Crippen LogP contribution >= 0.6 is 0 Å². The predicted octanol–water partition coefficient (Wildman–Crippen LogP) is 4.22. The van der Waals surface area contributed by atoms with Gasteiger partial charge in [-0.1, -0.05) is 33.8 Å². The van der Waals surface area contributed by atoms with Crippen molar-refractivity contribution in [2.45, 2.75) is 40.5 Å². The number of carbonyl (C=O) groups is 3. The number of hydrogen-bond donors (Lipinski definition) is 2. The molecule has 3 rings (SSSR count). The molecule has 1 aliphatic heterocycles. The highest BCUT2D eigenvalue weighted by Crippen LogP contribution is 2.30. The van der Waals surface area contributed by atoms with Gasteiger partial charge in [-0.3, -0.25) is 14.4 Å². The van der Waals surface area contributed by atoms with Crippen molar-refractivity contribution in [3.05, 3.63) is 53.6 Å². The number of fused-ring (bicyclic) bond motifs is 1. The van der Waals surface area contributed by atoms with E-state index in [0.29, 0.717) is 29.9 Å². The van der Waals surface area contributed by atoms with Crippen molar-refractivity contribution in [3.8, 4) is 0 Å². The smallest absolute Gasteiger partial charge is 0.255 e. The van der Waals surface area contributed by atoms with Crippen LogP contribution in [0.1, 0.15) is 50.0 Å². The molecule has 2 aromatic carbocycles. The lowest BCUT2D eigenvalue weighted by atomic mass is 9.95. The molecule has 0 saturated heterocycles. The Morgan fingerprint density at radius 1 is 1.00 bits per heavy atom. The second-order valence-corrected chi connectivity index (χ2v) is 8.23. The molecule has 0 radical (unpaired) electrons. The summed E-state index contributed by atoms with van der Waals surface area (Å²) < 4.78 is 0. The highest BCUT2D eigenvalue weighted by Gasteiger charge is 2.24. The molecule has 1 heterocycles. The lowest BCUT2D eigenvalue weighted by molar-refractivity contribution is -0.123. The second kappa shape index (κ2) is 8.07. The van der Waals surface area contributed by atoms with Crippen LogP contribution in [0.25, 0.3) is 0 Å². The number of hydrogen-bond acceptors (Lipinski definition) is 3. The Hall–Kier alpha value is -3.15. The van der Waals surface area contributed by atoms with Gasteiger partial charge in [-0.25, -0.2) is 0 Å². The first-order valence-electron chi connectivity index (χ1n) is 9.85. The summed E-state index contributed by atoms with van der Waals surface area (Å²) in [5, 5.41) is 5.74. The predicted molar refractivity (Wildman–Crippen MR) is 115 cm³/mol. The Morgan fingerprint density at radius 2 is 1.69 bits per heavy atom. The van der Waals surface area contributed by atoms with Gasteiger partial charge < -0.3 is 15.5 Å². The minimum Gasteiger partial charge on any atom is -0.326 e. The van der Waals surface area contributed by atoms with Crippen LogP contribution in [0.3, 0.4) is 0 Å².